The van der Waals surface area contributed by atoms with Gasteiger partial charge >= 0.3 is 0 Å². The Morgan fingerprint density at radius 3 is 3.06 bits per heavy atom. The second-order valence-electron chi connectivity index (χ2n) is 4.27. The first-order valence-corrected chi connectivity index (χ1v) is 5.88. The van der Waals surface area contributed by atoms with Crippen molar-refractivity contribution in [1.82, 2.24) is 24.9 Å². The predicted octanol–water partition coefficient (Wildman–Crippen LogP) is 0.564. The number of rotatable bonds is 2. The highest BCUT2D eigenvalue weighted by Gasteiger charge is 2.16. The van der Waals surface area contributed by atoms with Crippen molar-refractivity contribution in [3.05, 3.63) is 18.1 Å². The van der Waals surface area contributed by atoms with E-state index in [0.29, 0.717) is 5.78 Å². The van der Waals surface area contributed by atoms with Gasteiger partial charge < -0.3 is 10.1 Å². The topological polar surface area (TPSA) is 64.3 Å². The third kappa shape index (κ3) is 2.08. The average Bonchev–Trinajstić information content (AvgIpc) is 2.78. The summed E-state index contributed by atoms with van der Waals surface area (Å²) in [7, 11) is 0. The van der Waals surface area contributed by atoms with Crippen LogP contribution in [0.25, 0.3) is 5.78 Å². The molecule has 6 nitrogen and oxygen atoms in total. The zero-order chi connectivity index (χ0) is 11.7. The molecule has 2 aromatic rings. The van der Waals surface area contributed by atoms with Crippen molar-refractivity contribution in [2.75, 3.05) is 13.1 Å². The lowest BCUT2D eigenvalue weighted by Gasteiger charge is -2.23. The molecule has 0 aromatic carbocycles. The van der Waals surface area contributed by atoms with Crippen LogP contribution in [0.4, 0.5) is 0 Å². The highest BCUT2D eigenvalue weighted by molar-refractivity contribution is 5.32. The molecule has 0 radical (unpaired) electrons. The summed E-state index contributed by atoms with van der Waals surface area (Å²) in [6.45, 7) is 3.95. The summed E-state index contributed by atoms with van der Waals surface area (Å²) in [6, 6.07) is 1.91. The minimum absolute atomic E-state index is 0.255. The van der Waals surface area contributed by atoms with Gasteiger partial charge in [0.1, 0.15) is 12.4 Å². The Labute approximate surface area is 99.0 Å². The van der Waals surface area contributed by atoms with Crippen molar-refractivity contribution in [3.8, 4) is 5.88 Å². The third-order valence-electron chi connectivity index (χ3n) is 2.92. The molecule has 0 spiro atoms. The Balaban J connectivity index is 1.90. The van der Waals surface area contributed by atoms with Gasteiger partial charge in [0.05, 0.1) is 0 Å². The molecule has 0 bridgehead atoms. The Morgan fingerprint density at radius 1 is 1.41 bits per heavy atom. The normalized spacial score (nSPS) is 17.5. The average molecular weight is 233 g/mol. The van der Waals surface area contributed by atoms with Gasteiger partial charge in [-0.2, -0.15) is 14.6 Å². The monoisotopic (exact) mass is 233 g/mol. The summed E-state index contributed by atoms with van der Waals surface area (Å²) in [5.41, 5.74) is 0.898. The summed E-state index contributed by atoms with van der Waals surface area (Å²) >= 11 is 0. The number of piperidine rings is 1. The molecule has 3 heterocycles. The first-order valence-electron chi connectivity index (χ1n) is 5.88. The summed E-state index contributed by atoms with van der Waals surface area (Å²) in [6.07, 6.45) is 3.80. The minimum atomic E-state index is 0.255. The number of nitrogens with one attached hydrogen (secondary N) is 1. The molecule has 6 heteroatoms. The fourth-order valence-corrected chi connectivity index (χ4v) is 2.06. The Morgan fingerprint density at radius 2 is 2.24 bits per heavy atom. The summed E-state index contributed by atoms with van der Waals surface area (Å²) in [5.74, 6) is 1.32. The standard InChI is InChI=1S/C11H15N5O/c1-8-6-10(16-11(15-8)13-7-14-16)17-9-2-4-12-5-3-9/h6-7,9,12H,2-5H2,1H3. The zero-order valence-electron chi connectivity index (χ0n) is 9.76. The smallest absolute Gasteiger partial charge is 0.255 e. The molecule has 0 atom stereocenters. The van der Waals surface area contributed by atoms with Crippen molar-refractivity contribution in [2.24, 2.45) is 0 Å². The first kappa shape index (κ1) is 10.5. The van der Waals surface area contributed by atoms with Crippen LogP contribution >= 0.6 is 0 Å². The van der Waals surface area contributed by atoms with Crippen LogP contribution in [0, 0.1) is 6.92 Å². The molecule has 17 heavy (non-hydrogen) atoms. The highest BCUT2D eigenvalue weighted by atomic mass is 16.5. The van der Waals surface area contributed by atoms with E-state index in [0.717, 1.165) is 37.5 Å². The van der Waals surface area contributed by atoms with E-state index in [1.54, 1.807) is 4.52 Å². The lowest BCUT2D eigenvalue weighted by atomic mass is 10.1. The number of hydrogen-bond donors (Lipinski definition) is 1. The lowest BCUT2D eigenvalue weighted by Crippen LogP contribution is -2.34. The molecule has 1 aliphatic rings. The van der Waals surface area contributed by atoms with Crippen molar-refractivity contribution in [2.45, 2.75) is 25.9 Å². The van der Waals surface area contributed by atoms with E-state index in [1.165, 1.54) is 6.33 Å². The fourth-order valence-electron chi connectivity index (χ4n) is 2.06. The molecule has 0 unspecified atom stereocenters. The largest absolute Gasteiger partial charge is 0.474 e. The molecule has 0 saturated carbocycles. The molecule has 3 rings (SSSR count). The lowest BCUT2D eigenvalue weighted by molar-refractivity contribution is 0.152. The minimum Gasteiger partial charge on any atom is -0.474 e. The van der Waals surface area contributed by atoms with Crippen LogP contribution in [0.2, 0.25) is 0 Å². The van der Waals surface area contributed by atoms with Gasteiger partial charge in [-0.05, 0) is 32.9 Å². The maximum absolute atomic E-state index is 5.99. The van der Waals surface area contributed by atoms with Crippen molar-refractivity contribution >= 4 is 5.78 Å². The van der Waals surface area contributed by atoms with Gasteiger partial charge in [-0.15, -0.1) is 0 Å². The fraction of sp³-hybridized carbons (Fsp3) is 0.545. The van der Waals surface area contributed by atoms with Crippen LogP contribution in [0.3, 0.4) is 0 Å². The van der Waals surface area contributed by atoms with E-state index in [4.69, 9.17) is 4.74 Å². The Hall–Kier alpha value is -1.69. The van der Waals surface area contributed by atoms with Crippen LogP contribution in [-0.2, 0) is 0 Å². The Kier molecular flexibility index (Phi) is 2.64. The first-order chi connectivity index (χ1) is 8.33. The van der Waals surface area contributed by atoms with Gasteiger partial charge in [-0.1, -0.05) is 0 Å². The molecule has 1 saturated heterocycles. The third-order valence-corrected chi connectivity index (χ3v) is 2.92. The van der Waals surface area contributed by atoms with E-state index in [-0.39, 0.29) is 6.10 Å². The van der Waals surface area contributed by atoms with E-state index in [1.807, 2.05) is 13.0 Å². The predicted molar refractivity (Wildman–Crippen MR) is 62.0 cm³/mol. The van der Waals surface area contributed by atoms with Crippen LogP contribution in [0.1, 0.15) is 18.5 Å². The SMILES string of the molecule is Cc1cc(OC2CCNCC2)n2ncnc2n1. The van der Waals surface area contributed by atoms with Crippen LogP contribution < -0.4 is 10.1 Å². The quantitative estimate of drug-likeness (QED) is 0.821. The van der Waals surface area contributed by atoms with E-state index < -0.39 is 0 Å². The molecular formula is C11H15N5O. The van der Waals surface area contributed by atoms with Crippen molar-refractivity contribution in [1.29, 1.82) is 0 Å². The number of aromatic nitrogens is 4. The van der Waals surface area contributed by atoms with Gasteiger partial charge in [-0.3, -0.25) is 0 Å². The number of nitrogens with zero attached hydrogens (tertiary/aromatic N) is 4. The second-order valence-corrected chi connectivity index (χ2v) is 4.27. The molecule has 1 fully saturated rings. The van der Waals surface area contributed by atoms with Crippen LogP contribution in [0.15, 0.2) is 12.4 Å². The summed E-state index contributed by atoms with van der Waals surface area (Å²) < 4.78 is 7.64. The van der Waals surface area contributed by atoms with Gasteiger partial charge in [-0.25, -0.2) is 4.98 Å². The molecule has 0 amide bonds. The van der Waals surface area contributed by atoms with Crippen LogP contribution in [-0.4, -0.2) is 38.8 Å². The molecule has 1 aliphatic heterocycles. The molecular weight excluding hydrogens is 218 g/mol. The molecule has 2 aromatic heterocycles. The van der Waals surface area contributed by atoms with E-state index >= 15 is 0 Å². The number of aryl methyl sites for hydroxylation is 1. The van der Waals surface area contributed by atoms with Crippen molar-refractivity contribution in [3.63, 3.8) is 0 Å². The summed E-state index contributed by atoms with van der Waals surface area (Å²) in [4.78, 5) is 8.37. The molecule has 90 valence electrons. The van der Waals surface area contributed by atoms with Gasteiger partial charge in [0.2, 0.25) is 5.88 Å². The van der Waals surface area contributed by atoms with E-state index in [9.17, 15) is 0 Å². The maximum Gasteiger partial charge on any atom is 0.255 e. The van der Waals surface area contributed by atoms with Gasteiger partial charge in [0.15, 0.2) is 0 Å². The zero-order valence-corrected chi connectivity index (χ0v) is 9.76. The van der Waals surface area contributed by atoms with E-state index in [2.05, 4.69) is 20.4 Å². The number of fused-ring (bicyclic) bond motifs is 1. The summed E-state index contributed by atoms with van der Waals surface area (Å²) in [5, 5.41) is 7.44. The number of ether oxygens (including phenoxy) is 1. The number of hydrogen-bond acceptors (Lipinski definition) is 5. The van der Waals surface area contributed by atoms with Gasteiger partial charge in [0, 0.05) is 11.8 Å². The molecule has 0 aliphatic carbocycles. The second kappa shape index (κ2) is 4.29. The van der Waals surface area contributed by atoms with Crippen LogP contribution in [0.5, 0.6) is 5.88 Å². The van der Waals surface area contributed by atoms with Crippen molar-refractivity contribution < 1.29 is 4.74 Å². The Bertz CT molecular complexity index is 518. The van der Waals surface area contributed by atoms with Gasteiger partial charge in [0.25, 0.3) is 5.78 Å². The molecule has 1 N–H and O–H groups in total. The maximum atomic E-state index is 5.99. The highest BCUT2D eigenvalue weighted by Crippen LogP contribution is 2.17.